The van der Waals surface area contributed by atoms with Crippen LogP contribution in [0.15, 0.2) is 152 Å². The van der Waals surface area contributed by atoms with Crippen molar-refractivity contribution >= 4 is 29.8 Å². The van der Waals surface area contributed by atoms with E-state index in [2.05, 4.69) is 62.4 Å². The molecule has 7 rings (SSSR count). The van der Waals surface area contributed by atoms with Crippen LogP contribution >= 0.6 is 0 Å². The summed E-state index contributed by atoms with van der Waals surface area (Å²) in [7, 11) is 1.09. The number of carbonyl (C=O) groups is 5. The van der Waals surface area contributed by atoms with Gasteiger partial charge in [-0.1, -0.05) is 151 Å². The van der Waals surface area contributed by atoms with Crippen LogP contribution < -0.4 is 18.9 Å². The molecule has 0 radical (unpaired) electrons. The highest BCUT2D eigenvalue weighted by atomic mass is 19.1. The number of carbonyl (C=O) groups excluding carboxylic acids is 5. The second-order valence-corrected chi connectivity index (χ2v) is 18.6. The van der Waals surface area contributed by atoms with Gasteiger partial charge in [-0.2, -0.15) is 0 Å². The zero-order valence-corrected chi connectivity index (χ0v) is 43.2. The normalized spacial score (nSPS) is 10.9. The van der Waals surface area contributed by atoms with E-state index in [1.807, 2.05) is 0 Å². The van der Waals surface area contributed by atoms with E-state index in [-0.39, 0.29) is 39.7 Å². The minimum Gasteiger partial charge on any atom is -0.465 e. The van der Waals surface area contributed by atoms with Gasteiger partial charge in [0.05, 0.1) is 34.9 Å². The molecular weight excluding hydrogens is 967 g/mol. The molecule has 0 spiro atoms. The van der Waals surface area contributed by atoms with Crippen molar-refractivity contribution in [3.05, 3.63) is 202 Å². The van der Waals surface area contributed by atoms with E-state index < -0.39 is 52.6 Å². The molecule has 0 aliphatic rings. The number of rotatable bonds is 25. The first-order chi connectivity index (χ1) is 36.9. The molecule has 7 aromatic carbocycles. The molecule has 12 heteroatoms. The van der Waals surface area contributed by atoms with Crippen molar-refractivity contribution in [2.75, 3.05) is 7.11 Å². The maximum absolute atomic E-state index is 15.4. The first kappa shape index (κ1) is 55.5. The van der Waals surface area contributed by atoms with E-state index in [1.165, 1.54) is 87.5 Å². The molecule has 392 valence electrons. The van der Waals surface area contributed by atoms with Gasteiger partial charge in [0.25, 0.3) is 0 Å². The van der Waals surface area contributed by atoms with Gasteiger partial charge in [-0.25, -0.2) is 32.8 Å². The Bertz CT molecular complexity index is 2890. The largest absolute Gasteiger partial charge is 0.465 e. The second kappa shape index (κ2) is 27.9. The lowest BCUT2D eigenvalue weighted by Gasteiger charge is -2.12. The summed E-state index contributed by atoms with van der Waals surface area (Å²) in [5.41, 5.74) is 5.49. The van der Waals surface area contributed by atoms with Crippen LogP contribution in [-0.4, -0.2) is 37.0 Å². The van der Waals surface area contributed by atoms with Crippen molar-refractivity contribution in [2.45, 2.75) is 104 Å². The van der Waals surface area contributed by atoms with Crippen LogP contribution in [-0.2, 0) is 17.6 Å². The molecule has 0 aliphatic heterocycles. The van der Waals surface area contributed by atoms with Gasteiger partial charge in [0, 0.05) is 18.2 Å². The highest BCUT2D eigenvalue weighted by Gasteiger charge is 2.22. The standard InChI is InChI=1S/C64H62F2O10/c1-4-6-8-10-12-14-16-43-18-22-45(23-19-43)47-26-30-49(31-27-47)61(68)73-52-34-36-56(58(65)41-52)63(70)75-54-38-51(60(67)72-3)39-55(40-54)76-64(71)57-37-35-53(42-59(57)66)74-62(69)50-32-28-48(29-33-50)46-24-20-44(21-25-46)17-15-13-11-9-7-5-2/h18-42H,4-17H2,1-3H3. The molecule has 10 nitrogen and oxygen atoms in total. The Hall–Kier alpha value is -8.25. The minimum atomic E-state index is -1.21. The zero-order valence-electron chi connectivity index (χ0n) is 43.2. The van der Waals surface area contributed by atoms with E-state index in [0.717, 1.165) is 97.5 Å². The van der Waals surface area contributed by atoms with Crippen molar-refractivity contribution in [3.8, 4) is 45.3 Å². The van der Waals surface area contributed by atoms with E-state index in [1.54, 1.807) is 48.5 Å². The molecule has 0 N–H and O–H groups in total. The highest BCUT2D eigenvalue weighted by molar-refractivity contribution is 5.96. The van der Waals surface area contributed by atoms with Crippen molar-refractivity contribution in [2.24, 2.45) is 0 Å². The molecule has 0 unspecified atom stereocenters. The van der Waals surface area contributed by atoms with Gasteiger partial charge in [0.2, 0.25) is 0 Å². The summed E-state index contributed by atoms with van der Waals surface area (Å²) >= 11 is 0. The number of methoxy groups -OCH3 is 1. The fourth-order valence-electron chi connectivity index (χ4n) is 8.58. The molecule has 76 heavy (non-hydrogen) atoms. The van der Waals surface area contributed by atoms with Crippen molar-refractivity contribution < 1.29 is 56.4 Å². The molecule has 0 saturated heterocycles. The maximum Gasteiger partial charge on any atom is 0.346 e. The molecular formula is C64H62F2O10. The quantitative estimate of drug-likeness (QED) is 0.0310. The van der Waals surface area contributed by atoms with E-state index in [0.29, 0.717) is 0 Å². The van der Waals surface area contributed by atoms with E-state index in [9.17, 15) is 24.0 Å². The third-order valence-electron chi connectivity index (χ3n) is 12.9. The van der Waals surface area contributed by atoms with Crippen molar-refractivity contribution in [1.82, 2.24) is 0 Å². The summed E-state index contributed by atoms with van der Waals surface area (Å²) in [6.45, 7) is 4.43. The molecule has 0 bridgehead atoms. The van der Waals surface area contributed by atoms with Gasteiger partial charge in [0.1, 0.15) is 34.6 Å². The van der Waals surface area contributed by atoms with Crippen LogP contribution in [0.3, 0.4) is 0 Å². The van der Waals surface area contributed by atoms with E-state index in [4.69, 9.17) is 23.7 Å². The third kappa shape index (κ3) is 15.9. The summed E-state index contributed by atoms with van der Waals surface area (Å²) in [6.07, 6.45) is 17.0. The summed E-state index contributed by atoms with van der Waals surface area (Å²) in [4.78, 5) is 65.2. The minimum absolute atomic E-state index is 0.176. The first-order valence-electron chi connectivity index (χ1n) is 26.0. The van der Waals surface area contributed by atoms with Crippen LogP contribution in [0, 0.1) is 11.6 Å². The lowest BCUT2D eigenvalue weighted by Crippen LogP contribution is -2.14. The molecule has 0 saturated carbocycles. The SMILES string of the molecule is CCCCCCCCc1ccc(-c2ccc(C(=O)Oc3ccc(C(=O)Oc4cc(OC(=O)c5ccc(OC(=O)c6ccc(-c7ccc(CCCCCCCC)cc7)cc6)cc5F)cc(C(=O)OC)c4)c(F)c3)cc2)cc1. The number of hydrogen-bond acceptors (Lipinski definition) is 10. The smallest absolute Gasteiger partial charge is 0.346 e. The van der Waals surface area contributed by atoms with Gasteiger partial charge < -0.3 is 23.7 Å². The fraction of sp³-hybridized carbons (Fsp3) is 0.266. The third-order valence-corrected chi connectivity index (χ3v) is 12.9. The van der Waals surface area contributed by atoms with Crippen LogP contribution in [0.25, 0.3) is 22.3 Å². The van der Waals surface area contributed by atoms with Crippen LogP contribution in [0.2, 0.25) is 0 Å². The molecule has 7 aromatic rings. The number of halogens is 2. The summed E-state index contributed by atoms with van der Waals surface area (Å²) < 4.78 is 57.2. The van der Waals surface area contributed by atoms with Gasteiger partial charge in [-0.3, -0.25) is 0 Å². The Labute approximate surface area is 443 Å². The number of hydrogen-bond donors (Lipinski definition) is 0. The first-order valence-corrected chi connectivity index (χ1v) is 26.0. The number of aryl methyl sites for hydroxylation is 2. The Morgan fingerprint density at radius 1 is 0.342 bits per heavy atom. The summed E-state index contributed by atoms with van der Waals surface area (Å²) in [5, 5.41) is 0. The predicted octanol–water partition coefficient (Wildman–Crippen LogP) is 15.8. The maximum atomic E-state index is 15.4. The molecule has 0 fully saturated rings. The molecule has 0 heterocycles. The Morgan fingerprint density at radius 2 is 0.684 bits per heavy atom. The molecule has 0 aromatic heterocycles. The molecule has 0 amide bonds. The van der Waals surface area contributed by atoms with E-state index >= 15 is 8.78 Å². The number of benzene rings is 7. The van der Waals surface area contributed by atoms with Crippen molar-refractivity contribution in [3.63, 3.8) is 0 Å². The van der Waals surface area contributed by atoms with Gasteiger partial charge in [0.15, 0.2) is 0 Å². The number of esters is 5. The number of unbranched alkanes of at least 4 members (excludes halogenated alkanes) is 10. The number of ether oxygens (including phenoxy) is 5. The Morgan fingerprint density at radius 3 is 1.04 bits per heavy atom. The lowest BCUT2D eigenvalue weighted by molar-refractivity contribution is 0.0593. The Balaban J connectivity index is 0.918. The van der Waals surface area contributed by atoms with Crippen molar-refractivity contribution in [1.29, 1.82) is 0 Å². The van der Waals surface area contributed by atoms with Crippen LogP contribution in [0.5, 0.6) is 23.0 Å². The van der Waals surface area contributed by atoms with Gasteiger partial charge in [-0.15, -0.1) is 0 Å². The Kier molecular flexibility index (Phi) is 20.4. The topological polar surface area (TPSA) is 132 Å². The molecule has 0 atom stereocenters. The van der Waals surface area contributed by atoms with Gasteiger partial charge in [-0.05, 0) is 120 Å². The molecule has 0 aliphatic carbocycles. The second-order valence-electron chi connectivity index (χ2n) is 18.6. The average molecular weight is 1030 g/mol. The summed E-state index contributed by atoms with van der Waals surface area (Å²) in [5.74, 6) is -8.06. The lowest BCUT2D eigenvalue weighted by atomic mass is 10.00. The van der Waals surface area contributed by atoms with Crippen LogP contribution in [0.1, 0.15) is 154 Å². The van der Waals surface area contributed by atoms with Gasteiger partial charge >= 0.3 is 29.8 Å². The predicted molar refractivity (Wildman–Crippen MR) is 288 cm³/mol. The average Bonchev–Trinajstić information content (AvgIpc) is 3.43. The summed E-state index contributed by atoms with van der Waals surface area (Å²) in [6, 6.07) is 39.9. The monoisotopic (exact) mass is 1030 g/mol. The highest BCUT2D eigenvalue weighted by Crippen LogP contribution is 2.29. The fourth-order valence-corrected chi connectivity index (χ4v) is 8.58. The van der Waals surface area contributed by atoms with Crippen LogP contribution in [0.4, 0.5) is 8.78 Å². The zero-order chi connectivity index (χ0) is 53.8.